The third-order valence-corrected chi connectivity index (χ3v) is 9.15. The molecule has 3 aromatic rings. The summed E-state index contributed by atoms with van der Waals surface area (Å²) in [5, 5.41) is 1.70. The number of amides is 1. The molecule has 1 heterocycles. The molecular weight excluding hydrogens is 586 g/mol. The fraction of sp³-hybridized carbons (Fsp3) is 0.227. The van der Waals surface area contributed by atoms with Crippen molar-refractivity contribution in [2.75, 3.05) is 11.8 Å². The van der Waals surface area contributed by atoms with Gasteiger partial charge in [-0.2, -0.15) is 13.2 Å². The molecule has 0 unspecified atom stereocenters. The van der Waals surface area contributed by atoms with Crippen LogP contribution in [0.25, 0.3) is 10.8 Å². The Kier molecular flexibility index (Phi) is 6.80. The van der Waals surface area contributed by atoms with Crippen molar-refractivity contribution in [1.82, 2.24) is 8.51 Å². The number of carbonyl (C=O) groups excluding carboxylic acids is 1. The lowest BCUT2D eigenvalue weighted by Gasteiger charge is -2.23. The van der Waals surface area contributed by atoms with Crippen LogP contribution in [0.1, 0.15) is 17.5 Å². The van der Waals surface area contributed by atoms with Gasteiger partial charge in [0.15, 0.2) is 0 Å². The van der Waals surface area contributed by atoms with E-state index < -0.39 is 43.1 Å². The van der Waals surface area contributed by atoms with Gasteiger partial charge in [-0.15, -0.1) is 0 Å². The number of hydrogen-bond donors (Lipinski definition) is 2. The highest BCUT2D eigenvalue weighted by Crippen LogP contribution is 2.35. The van der Waals surface area contributed by atoms with Crippen LogP contribution in [-0.2, 0) is 27.7 Å². The zero-order chi connectivity index (χ0) is 24.5. The summed E-state index contributed by atoms with van der Waals surface area (Å²) in [4.78, 5) is 15.4. The Morgan fingerprint density at radius 2 is 1.82 bits per heavy atom. The summed E-state index contributed by atoms with van der Waals surface area (Å²) >= 11 is -1.38. The van der Waals surface area contributed by atoms with Crippen LogP contribution in [0.3, 0.4) is 0 Å². The Morgan fingerprint density at radius 3 is 2.53 bits per heavy atom. The van der Waals surface area contributed by atoms with Crippen molar-refractivity contribution in [3.05, 3.63) is 59.8 Å². The fourth-order valence-corrected chi connectivity index (χ4v) is 7.02. The Labute approximate surface area is 203 Å². The second-order valence-corrected chi connectivity index (χ2v) is 11.7. The number of anilines is 1. The number of benzene rings is 2. The highest BCUT2D eigenvalue weighted by molar-refractivity contribution is 14.2. The molecule has 180 valence electrons. The highest BCUT2D eigenvalue weighted by Gasteiger charge is 2.38. The molecule has 0 saturated carbocycles. The second kappa shape index (κ2) is 9.49. The van der Waals surface area contributed by atoms with E-state index in [1.807, 2.05) is 27.8 Å². The number of nitrogens with zero attached hydrogens (tertiary/aromatic N) is 1. The molecule has 34 heavy (non-hydrogen) atoms. The topological polar surface area (TPSA) is 97.4 Å². The van der Waals surface area contributed by atoms with E-state index >= 15 is 0 Å². The maximum atomic E-state index is 13.2. The predicted molar refractivity (Wildman–Crippen MR) is 131 cm³/mol. The SMILES string of the molecule is COc1ccc(S(=O)(=O)Nc2cc3ccccc3cn2)c2c1CC(=INC(=O)C(F)(F)F)CC2. The van der Waals surface area contributed by atoms with Crippen molar-refractivity contribution in [1.29, 1.82) is 0 Å². The molecule has 1 aromatic heterocycles. The van der Waals surface area contributed by atoms with Crippen LogP contribution in [0.2, 0.25) is 0 Å². The van der Waals surface area contributed by atoms with Gasteiger partial charge in [0.05, 0.1) is 12.0 Å². The number of aromatic nitrogens is 1. The minimum Gasteiger partial charge on any atom is -0.496 e. The van der Waals surface area contributed by atoms with Gasteiger partial charge in [0.1, 0.15) is 11.6 Å². The van der Waals surface area contributed by atoms with Crippen molar-refractivity contribution in [2.24, 2.45) is 0 Å². The summed E-state index contributed by atoms with van der Waals surface area (Å²) in [6, 6.07) is 12.0. The van der Waals surface area contributed by atoms with Crippen LogP contribution < -0.4 is 13.0 Å². The molecule has 2 N–H and O–H groups in total. The highest BCUT2D eigenvalue weighted by atomic mass is 127. The van der Waals surface area contributed by atoms with Gasteiger partial charge in [-0.3, -0.25) is 13.0 Å². The first-order valence-electron chi connectivity index (χ1n) is 10.0. The van der Waals surface area contributed by atoms with Gasteiger partial charge in [-0.05, 0) is 66.5 Å². The molecule has 1 aliphatic carbocycles. The first-order valence-corrected chi connectivity index (χ1v) is 13.6. The Morgan fingerprint density at radius 1 is 1.09 bits per heavy atom. The van der Waals surface area contributed by atoms with Crippen LogP contribution in [0.15, 0.2) is 53.6 Å². The largest absolute Gasteiger partial charge is 0.496 e. The van der Waals surface area contributed by atoms with E-state index in [1.54, 1.807) is 12.3 Å². The maximum Gasteiger partial charge on any atom is 0.471 e. The van der Waals surface area contributed by atoms with Gasteiger partial charge in [0.25, 0.3) is 10.0 Å². The molecule has 0 atom stereocenters. The monoisotopic (exact) mass is 605 g/mol. The van der Waals surface area contributed by atoms with Gasteiger partial charge in [0.2, 0.25) is 0 Å². The van der Waals surface area contributed by atoms with E-state index in [4.69, 9.17) is 4.74 Å². The molecule has 7 nitrogen and oxygen atoms in total. The van der Waals surface area contributed by atoms with Crippen LogP contribution in [0, 0.1) is 0 Å². The number of fused-ring (bicyclic) bond motifs is 2. The van der Waals surface area contributed by atoms with E-state index in [-0.39, 0.29) is 17.1 Å². The maximum absolute atomic E-state index is 13.2. The summed E-state index contributed by atoms with van der Waals surface area (Å²) in [7, 11) is -2.56. The van der Waals surface area contributed by atoms with Crippen molar-refractivity contribution in [3.8, 4) is 5.75 Å². The molecule has 0 saturated heterocycles. The smallest absolute Gasteiger partial charge is 0.471 e. The van der Waals surface area contributed by atoms with Gasteiger partial charge >= 0.3 is 12.1 Å². The minimum absolute atomic E-state index is 0.0647. The van der Waals surface area contributed by atoms with E-state index in [1.165, 1.54) is 19.2 Å². The number of pyridine rings is 1. The molecule has 0 spiro atoms. The number of nitrogens with one attached hydrogen (secondary N) is 2. The van der Waals surface area contributed by atoms with E-state index in [2.05, 4.69) is 9.71 Å². The third-order valence-electron chi connectivity index (χ3n) is 5.26. The van der Waals surface area contributed by atoms with Crippen molar-refractivity contribution in [2.45, 2.75) is 30.3 Å². The average molecular weight is 605 g/mol. The Hall–Kier alpha value is -2.74. The average Bonchev–Trinajstić information content (AvgIpc) is 2.80. The normalized spacial score (nSPS) is 15.4. The lowest BCUT2D eigenvalue weighted by atomic mass is 9.91. The number of halogens is 4. The lowest BCUT2D eigenvalue weighted by Crippen LogP contribution is -2.32. The molecule has 0 fully saturated rings. The summed E-state index contributed by atoms with van der Waals surface area (Å²) in [5.74, 6) is -1.35. The minimum atomic E-state index is -4.94. The second-order valence-electron chi connectivity index (χ2n) is 7.46. The molecule has 12 heteroatoms. The third kappa shape index (κ3) is 5.17. The van der Waals surface area contributed by atoms with Crippen LogP contribution in [-0.4, -0.2) is 36.1 Å². The summed E-state index contributed by atoms with van der Waals surface area (Å²) in [5.41, 5.74) is 1.14. The first-order chi connectivity index (χ1) is 16.1. The summed E-state index contributed by atoms with van der Waals surface area (Å²) in [6.45, 7) is 0. The van der Waals surface area contributed by atoms with Crippen molar-refractivity contribution >= 4 is 57.0 Å². The standard InChI is InChI=1S/C22H19F3IN3O4S/c1-33-18-8-9-19(16-7-6-15(11-17(16)18)26-28-21(30)22(23,24)25)34(31,32)29-20-10-13-4-2-3-5-14(13)12-27-20/h2-5,8-10,12H,6-7,11H2,1H3,(H,27,29)(H,28,30). The van der Waals surface area contributed by atoms with Crippen LogP contribution >= 0.6 is 21.0 Å². The van der Waals surface area contributed by atoms with Crippen molar-refractivity contribution in [3.63, 3.8) is 0 Å². The molecule has 2 aromatic carbocycles. The van der Waals surface area contributed by atoms with Gasteiger partial charge < -0.3 is 4.74 Å². The zero-order valence-electron chi connectivity index (χ0n) is 17.7. The molecular formula is C22H19F3IN3O4S. The molecule has 0 bridgehead atoms. The predicted octanol–water partition coefficient (Wildman–Crippen LogP) is 4.27. The summed E-state index contributed by atoms with van der Waals surface area (Å²) in [6.07, 6.45) is -2.44. The number of ether oxygens (including phenoxy) is 1. The number of sulfonamides is 1. The number of carbonyl (C=O) groups is 1. The molecule has 1 amide bonds. The van der Waals surface area contributed by atoms with Gasteiger partial charge in [-0.25, -0.2) is 13.4 Å². The fourth-order valence-electron chi connectivity index (χ4n) is 3.68. The lowest BCUT2D eigenvalue weighted by molar-refractivity contribution is -0.170. The van der Waals surface area contributed by atoms with Gasteiger partial charge in [0, 0.05) is 23.6 Å². The number of hydrogen-bond acceptors (Lipinski definition) is 5. The molecule has 1 aliphatic rings. The van der Waals surface area contributed by atoms with Crippen LogP contribution in [0.4, 0.5) is 19.0 Å². The first kappa shape index (κ1) is 24.4. The molecule has 0 aliphatic heterocycles. The van der Waals surface area contributed by atoms with E-state index in [0.717, 1.165) is 14.3 Å². The van der Waals surface area contributed by atoms with Gasteiger partial charge in [-0.1, -0.05) is 24.3 Å². The number of rotatable bonds is 5. The Balaban J connectivity index is 1.64. The number of methoxy groups -OCH3 is 1. The van der Waals surface area contributed by atoms with E-state index in [0.29, 0.717) is 29.7 Å². The van der Waals surface area contributed by atoms with E-state index in [9.17, 15) is 26.4 Å². The zero-order valence-corrected chi connectivity index (χ0v) is 20.7. The van der Waals surface area contributed by atoms with Crippen molar-refractivity contribution < 1.29 is 31.1 Å². The molecule has 0 radical (unpaired) electrons. The number of alkyl halides is 3. The quantitative estimate of drug-likeness (QED) is 0.335. The van der Waals surface area contributed by atoms with Crippen LogP contribution in [0.5, 0.6) is 5.75 Å². The molecule has 4 rings (SSSR count). The summed E-state index contributed by atoms with van der Waals surface area (Å²) < 4.78 is 74.6. The Bertz CT molecular complexity index is 1410.